The van der Waals surface area contributed by atoms with E-state index in [9.17, 15) is 4.79 Å². The molecule has 0 aromatic heterocycles. The Hall–Kier alpha value is -1.54. The van der Waals surface area contributed by atoms with Gasteiger partial charge in [-0.3, -0.25) is 4.79 Å². The summed E-state index contributed by atoms with van der Waals surface area (Å²) in [6, 6.07) is 11.3. The summed E-state index contributed by atoms with van der Waals surface area (Å²) in [5, 5.41) is 2.57. The van der Waals surface area contributed by atoms with Crippen molar-refractivity contribution in [3.63, 3.8) is 0 Å². The van der Waals surface area contributed by atoms with Crippen LogP contribution in [-0.2, 0) is 4.79 Å². The van der Waals surface area contributed by atoms with Gasteiger partial charge in [-0.05, 0) is 17.5 Å². The number of benzene rings is 2. The molecule has 0 aliphatic heterocycles. The maximum Gasteiger partial charge on any atom is 0.157 e. The molecule has 76 valence electrons. The molecule has 0 heterocycles. The molecule has 0 N–H and O–H groups in total. The summed E-state index contributed by atoms with van der Waals surface area (Å²) in [6.45, 7) is 0.0460. The zero-order valence-electron chi connectivity index (χ0n) is 7.94. The number of hydrogen-bond acceptors (Lipinski definition) is 2. The summed E-state index contributed by atoms with van der Waals surface area (Å²) in [4.78, 5) is 10.2. The highest BCUT2D eigenvalue weighted by molar-refractivity contribution is 6.31. The minimum absolute atomic E-state index is 0.0460. The Morgan fingerprint density at radius 2 is 2.07 bits per heavy atom. The van der Waals surface area contributed by atoms with Gasteiger partial charge in [-0.15, -0.1) is 0 Å². The minimum Gasteiger partial charge on any atom is -0.485 e. The van der Waals surface area contributed by atoms with Crippen LogP contribution >= 0.6 is 11.6 Å². The van der Waals surface area contributed by atoms with Gasteiger partial charge in [0.25, 0.3) is 0 Å². The summed E-state index contributed by atoms with van der Waals surface area (Å²) in [6.07, 6.45) is 0.718. The van der Waals surface area contributed by atoms with Crippen molar-refractivity contribution in [2.45, 2.75) is 0 Å². The van der Waals surface area contributed by atoms with Gasteiger partial charge in [0.05, 0.1) is 0 Å². The summed E-state index contributed by atoms with van der Waals surface area (Å²) in [5.41, 5.74) is 0. The van der Waals surface area contributed by atoms with Gasteiger partial charge in [-0.25, -0.2) is 0 Å². The van der Waals surface area contributed by atoms with E-state index in [2.05, 4.69) is 0 Å². The fraction of sp³-hybridized carbons (Fsp3) is 0.0833. The van der Waals surface area contributed by atoms with Gasteiger partial charge in [0.1, 0.15) is 12.4 Å². The normalized spacial score (nSPS) is 10.2. The molecule has 0 fully saturated rings. The van der Waals surface area contributed by atoms with E-state index in [4.69, 9.17) is 16.3 Å². The molecule has 0 saturated heterocycles. The molecule has 2 aromatic carbocycles. The number of hydrogen-bond donors (Lipinski definition) is 0. The highest BCUT2D eigenvalue weighted by Crippen LogP contribution is 2.29. The van der Waals surface area contributed by atoms with Crippen LogP contribution in [-0.4, -0.2) is 12.9 Å². The Bertz CT molecular complexity index is 494. The van der Waals surface area contributed by atoms with E-state index in [0.29, 0.717) is 10.8 Å². The largest absolute Gasteiger partial charge is 0.485 e. The van der Waals surface area contributed by atoms with Crippen molar-refractivity contribution in [3.05, 3.63) is 41.4 Å². The predicted molar refractivity (Wildman–Crippen MR) is 60.5 cm³/mol. The zero-order chi connectivity index (χ0) is 10.7. The maximum absolute atomic E-state index is 10.2. The van der Waals surface area contributed by atoms with Crippen LogP contribution in [0.3, 0.4) is 0 Å². The number of halogens is 1. The Balaban J connectivity index is 2.55. The summed E-state index contributed by atoms with van der Waals surface area (Å²) >= 11 is 5.93. The Morgan fingerprint density at radius 3 is 2.87 bits per heavy atom. The summed E-state index contributed by atoms with van der Waals surface area (Å²) in [7, 11) is 0. The van der Waals surface area contributed by atoms with Crippen molar-refractivity contribution >= 4 is 28.7 Å². The fourth-order valence-electron chi connectivity index (χ4n) is 1.48. The summed E-state index contributed by atoms with van der Waals surface area (Å²) < 4.78 is 5.30. The number of ether oxygens (including phenoxy) is 1. The lowest BCUT2D eigenvalue weighted by Gasteiger charge is -2.07. The third kappa shape index (κ3) is 2.10. The van der Waals surface area contributed by atoms with Crippen LogP contribution in [0.15, 0.2) is 36.4 Å². The molecule has 2 nitrogen and oxygen atoms in total. The smallest absolute Gasteiger partial charge is 0.157 e. The molecule has 0 unspecified atom stereocenters. The van der Waals surface area contributed by atoms with Gasteiger partial charge in [0.2, 0.25) is 0 Å². The van der Waals surface area contributed by atoms with E-state index in [1.54, 1.807) is 6.07 Å². The topological polar surface area (TPSA) is 26.3 Å². The lowest BCUT2D eigenvalue weighted by molar-refractivity contribution is -0.109. The van der Waals surface area contributed by atoms with Crippen LogP contribution in [0.5, 0.6) is 5.75 Å². The molecule has 3 heteroatoms. The van der Waals surface area contributed by atoms with E-state index < -0.39 is 0 Å². The molecule has 2 aromatic rings. The molecule has 0 spiro atoms. The van der Waals surface area contributed by atoms with Gasteiger partial charge in [0.15, 0.2) is 6.29 Å². The van der Waals surface area contributed by atoms with E-state index >= 15 is 0 Å². The van der Waals surface area contributed by atoms with E-state index in [-0.39, 0.29) is 6.61 Å². The number of carbonyl (C=O) groups excluding carboxylic acids is 1. The highest BCUT2D eigenvalue weighted by Gasteiger charge is 2.03. The second kappa shape index (κ2) is 4.32. The first-order valence-corrected chi connectivity index (χ1v) is 4.94. The molecular weight excluding hydrogens is 212 g/mol. The number of carbonyl (C=O) groups is 1. The molecule has 0 amide bonds. The average Bonchev–Trinajstić information content (AvgIpc) is 2.25. The molecule has 0 radical (unpaired) electrons. The molecule has 0 atom stereocenters. The number of rotatable bonds is 3. The van der Waals surface area contributed by atoms with Crippen molar-refractivity contribution in [3.8, 4) is 5.75 Å². The third-order valence-electron chi connectivity index (χ3n) is 2.10. The first-order valence-electron chi connectivity index (χ1n) is 4.56. The third-order valence-corrected chi connectivity index (χ3v) is 2.31. The molecule has 0 saturated carbocycles. The van der Waals surface area contributed by atoms with Gasteiger partial charge in [-0.2, -0.15) is 0 Å². The Kier molecular flexibility index (Phi) is 2.88. The molecular formula is C12H9ClO2. The first kappa shape index (κ1) is 9.99. The average molecular weight is 221 g/mol. The zero-order valence-corrected chi connectivity index (χ0v) is 8.70. The van der Waals surface area contributed by atoms with E-state index in [0.717, 1.165) is 17.1 Å². The first-order chi connectivity index (χ1) is 7.31. The van der Waals surface area contributed by atoms with Gasteiger partial charge < -0.3 is 4.74 Å². The predicted octanol–water partition coefficient (Wildman–Crippen LogP) is 3.07. The van der Waals surface area contributed by atoms with Crippen molar-refractivity contribution in [1.29, 1.82) is 0 Å². The van der Waals surface area contributed by atoms with Gasteiger partial charge in [0, 0.05) is 10.4 Å². The van der Waals surface area contributed by atoms with Crippen LogP contribution in [0.25, 0.3) is 10.8 Å². The van der Waals surface area contributed by atoms with Crippen LogP contribution < -0.4 is 4.74 Å². The second-order valence-electron chi connectivity index (χ2n) is 3.10. The minimum atomic E-state index is 0.0460. The molecule has 2 rings (SSSR count). The second-order valence-corrected chi connectivity index (χ2v) is 3.54. The van der Waals surface area contributed by atoms with E-state index in [1.807, 2.05) is 30.3 Å². The van der Waals surface area contributed by atoms with Crippen LogP contribution in [0, 0.1) is 0 Å². The van der Waals surface area contributed by atoms with Gasteiger partial charge >= 0.3 is 0 Å². The van der Waals surface area contributed by atoms with Crippen molar-refractivity contribution in [2.75, 3.05) is 6.61 Å². The fourth-order valence-corrected chi connectivity index (χ4v) is 1.70. The number of fused-ring (bicyclic) bond motifs is 1. The van der Waals surface area contributed by atoms with Crippen LogP contribution in [0.2, 0.25) is 5.02 Å². The van der Waals surface area contributed by atoms with Crippen LogP contribution in [0.1, 0.15) is 0 Å². The summed E-state index contributed by atoms with van der Waals surface area (Å²) in [5.74, 6) is 0.644. The maximum atomic E-state index is 10.2. The van der Waals surface area contributed by atoms with E-state index in [1.165, 1.54) is 0 Å². The van der Waals surface area contributed by atoms with Gasteiger partial charge in [-0.1, -0.05) is 35.9 Å². The van der Waals surface area contributed by atoms with Crippen molar-refractivity contribution < 1.29 is 9.53 Å². The lowest BCUT2D eigenvalue weighted by atomic mass is 10.1. The Morgan fingerprint density at radius 1 is 1.27 bits per heavy atom. The molecule has 0 aliphatic rings. The highest BCUT2D eigenvalue weighted by atomic mass is 35.5. The van der Waals surface area contributed by atoms with Crippen LogP contribution in [0.4, 0.5) is 0 Å². The molecule has 15 heavy (non-hydrogen) atoms. The van der Waals surface area contributed by atoms with Crippen molar-refractivity contribution in [1.82, 2.24) is 0 Å². The monoisotopic (exact) mass is 220 g/mol. The number of aldehydes is 1. The lowest BCUT2D eigenvalue weighted by Crippen LogP contribution is -1.98. The Labute approximate surface area is 92.4 Å². The molecule has 0 aliphatic carbocycles. The SMILES string of the molecule is O=CCOc1cc(Cl)cc2ccccc12. The van der Waals surface area contributed by atoms with Crippen molar-refractivity contribution in [2.24, 2.45) is 0 Å². The quantitative estimate of drug-likeness (QED) is 0.744. The standard InChI is InChI=1S/C12H9ClO2/c13-10-7-9-3-1-2-4-11(9)12(8-10)15-6-5-14/h1-5,7-8H,6H2. The molecule has 0 bridgehead atoms.